The first kappa shape index (κ1) is 19.0. The number of aryl methyl sites for hydroxylation is 2. The van der Waals surface area contributed by atoms with Crippen molar-refractivity contribution in [1.29, 1.82) is 5.26 Å². The summed E-state index contributed by atoms with van der Waals surface area (Å²) in [6, 6.07) is 11.6. The minimum atomic E-state index is -1.02. The molecule has 0 saturated heterocycles. The number of benzene rings is 1. The van der Waals surface area contributed by atoms with Crippen molar-refractivity contribution in [3.05, 3.63) is 62.2 Å². The highest BCUT2D eigenvalue weighted by Crippen LogP contribution is 2.29. The van der Waals surface area contributed by atoms with Crippen LogP contribution < -0.4 is 0 Å². The van der Waals surface area contributed by atoms with Gasteiger partial charge in [0.1, 0.15) is 9.88 Å². The molecule has 0 aliphatic heterocycles. The summed E-state index contributed by atoms with van der Waals surface area (Å²) in [6.07, 6.45) is 0. The molecule has 1 atom stereocenters. The van der Waals surface area contributed by atoms with Crippen molar-refractivity contribution in [1.82, 2.24) is 4.98 Å². The zero-order valence-corrected chi connectivity index (χ0v) is 16.4. The van der Waals surface area contributed by atoms with Crippen LogP contribution in [0.2, 0.25) is 0 Å². The second-order valence-electron chi connectivity index (χ2n) is 5.96. The maximum atomic E-state index is 12.5. The Kier molecular flexibility index (Phi) is 5.79. The molecule has 0 spiro atoms. The van der Waals surface area contributed by atoms with Crippen LogP contribution in [0.3, 0.4) is 0 Å². The van der Waals surface area contributed by atoms with Crippen LogP contribution in [-0.2, 0) is 9.53 Å². The third kappa shape index (κ3) is 4.30. The number of aromatic nitrogens is 1. The normalized spacial score (nSPS) is 11.6. The van der Waals surface area contributed by atoms with Crippen molar-refractivity contribution < 1.29 is 14.3 Å². The number of hydrogen-bond donors (Lipinski definition) is 0. The Hall–Kier alpha value is -2.82. The number of nitriles is 1. The van der Waals surface area contributed by atoms with Gasteiger partial charge in [0, 0.05) is 16.6 Å². The lowest BCUT2D eigenvalue weighted by Crippen LogP contribution is -2.19. The van der Waals surface area contributed by atoms with E-state index < -0.39 is 24.3 Å². The first-order valence-electron chi connectivity index (χ1n) is 8.15. The number of thiazole rings is 1. The van der Waals surface area contributed by atoms with Gasteiger partial charge in [-0.2, -0.15) is 5.26 Å². The van der Waals surface area contributed by atoms with Gasteiger partial charge in [-0.25, -0.2) is 9.78 Å². The lowest BCUT2D eigenvalue weighted by molar-refractivity contribution is -0.122. The quantitative estimate of drug-likeness (QED) is 0.572. The Morgan fingerprint density at radius 1 is 1.19 bits per heavy atom. The summed E-state index contributed by atoms with van der Waals surface area (Å²) < 4.78 is 5.19. The molecule has 1 aromatic carbocycles. The molecule has 5 nitrogen and oxygen atoms in total. The number of rotatable bonds is 6. The maximum absolute atomic E-state index is 12.5. The molecule has 0 unspecified atom stereocenters. The van der Waals surface area contributed by atoms with Gasteiger partial charge in [-0.05, 0) is 30.9 Å². The molecule has 3 rings (SSSR count). The molecule has 0 radical (unpaired) electrons. The second kappa shape index (κ2) is 8.25. The predicted octanol–water partition coefficient (Wildman–Crippen LogP) is 4.52. The predicted molar refractivity (Wildman–Crippen MR) is 105 cm³/mol. The molecule has 0 fully saturated rings. The van der Waals surface area contributed by atoms with Gasteiger partial charge >= 0.3 is 5.97 Å². The van der Waals surface area contributed by atoms with Gasteiger partial charge in [-0.15, -0.1) is 22.7 Å². The topological polar surface area (TPSA) is 80.0 Å². The zero-order valence-electron chi connectivity index (χ0n) is 14.8. The molecular formula is C20H16N2O3S2. The number of nitrogens with zero attached hydrogens (tertiary/aromatic N) is 2. The molecule has 0 saturated carbocycles. The van der Waals surface area contributed by atoms with Gasteiger partial charge < -0.3 is 4.74 Å². The Morgan fingerprint density at radius 3 is 2.56 bits per heavy atom. The average Bonchev–Trinajstić information content (AvgIpc) is 3.30. The van der Waals surface area contributed by atoms with Crippen LogP contribution in [0.4, 0.5) is 0 Å². The highest BCUT2D eigenvalue weighted by molar-refractivity contribution is 7.12. The van der Waals surface area contributed by atoms with Crippen molar-refractivity contribution in [2.45, 2.75) is 19.8 Å². The smallest absolute Gasteiger partial charge is 0.349 e. The molecule has 0 amide bonds. The number of Topliss-reactive ketones (excluding diaryl/α,β-unsaturated/α-hetero) is 1. The van der Waals surface area contributed by atoms with Crippen molar-refractivity contribution in [3.8, 4) is 17.2 Å². The van der Waals surface area contributed by atoms with E-state index in [1.807, 2.05) is 48.7 Å². The van der Waals surface area contributed by atoms with Crippen LogP contribution in [-0.4, -0.2) is 23.3 Å². The third-order valence-electron chi connectivity index (χ3n) is 3.89. The van der Waals surface area contributed by atoms with Gasteiger partial charge in [-0.3, -0.25) is 4.79 Å². The van der Waals surface area contributed by atoms with Gasteiger partial charge in [0.2, 0.25) is 0 Å². The van der Waals surface area contributed by atoms with E-state index in [2.05, 4.69) is 4.98 Å². The van der Waals surface area contributed by atoms with Gasteiger partial charge in [0.15, 0.2) is 18.3 Å². The lowest BCUT2D eigenvalue weighted by Gasteiger charge is -2.08. The van der Waals surface area contributed by atoms with Crippen LogP contribution in [0.5, 0.6) is 0 Å². The minimum Gasteiger partial charge on any atom is -0.453 e. The van der Waals surface area contributed by atoms with Crippen LogP contribution in [0, 0.1) is 25.2 Å². The number of carbonyl (C=O) groups is 2. The van der Waals surface area contributed by atoms with Crippen molar-refractivity contribution >= 4 is 34.4 Å². The molecule has 0 N–H and O–H groups in total. The largest absolute Gasteiger partial charge is 0.453 e. The molecular weight excluding hydrogens is 380 g/mol. The highest BCUT2D eigenvalue weighted by atomic mass is 32.1. The number of ketones is 1. The molecule has 2 aromatic heterocycles. The Morgan fingerprint density at radius 2 is 1.93 bits per heavy atom. The molecule has 3 aromatic rings. The highest BCUT2D eigenvalue weighted by Gasteiger charge is 2.25. The summed E-state index contributed by atoms with van der Waals surface area (Å²) in [5.74, 6) is -2.06. The average molecular weight is 396 g/mol. The first-order valence-corrected chi connectivity index (χ1v) is 9.91. The number of esters is 1. The summed E-state index contributed by atoms with van der Waals surface area (Å²) in [5.41, 5.74) is 3.56. The Labute approximate surface area is 164 Å². The van der Waals surface area contributed by atoms with Gasteiger partial charge in [-0.1, -0.05) is 29.8 Å². The zero-order chi connectivity index (χ0) is 19.4. The Bertz CT molecular complexity index is 1010. The Balaban J connectivity index is 1.70. The standard InChI is InChI=1S/C20H16N2O3S2/c1-12-3-5-14(6-4-12)15-7-8-26-18(15)20(24)25-10-17(23)16(9-21)19-22-13(2)11-27-19/h3-8,11,16H,10H2,1-2H3/t16-/m1/s1. The minimum absolute atomic E-state index is 0.424. The van der Waals surface area contributed by atoms with Crippen molar-refractivity contribution in [2.75, 3.05) is 6.61 Å². The molecule has 7 heteroatoms. The molecule has 136 valence electrons. The van der Waals surface area contributed by atoms with E-state index in [9.17, 15) is 14.9 Å². The maximum Gasteiger partial charge on any atom is 0.349 e. The van der Waals surface area contributed by atoms with E-state index in [1.165, 1.54) is 22.7 Å². The summed E-state index contributed by atoms with van der Waals surface area (Å²) in [5, 5.41) is 13.3. The molecule has 27 heavy (non-hydrogen) atoms. The fourth-order valence-electron chi connectivity index (χ4n) is 2.48. The summed E-state index contributed by atoms with van der Waals surface area (Å²) >= 11 is 2.51. The second-order valence-corrected chi connectivity index (χ2v) is 7.77. The lowest BCUT2D eigenvalue weighted by atomic mass is 10.1. The van der Waals surface area contributed by atoms with Crippen LogP contribution in [0.25, 0.3) is 11.1 Å². The number of ether oxygens (including phenoxy) is 1. The fourth-order valence-corrected chi connectivity index (χ4v) is 4.15. The van der Waals surface area contributed by atoms with Crippen LogP contribution in [0.15, 0.2) is 41.1 Å². The van der Waals surface area contributed by atoms with E-state index in [0.29, 0.717) is 9.88 Å². The molecule has 0 aliphatic rings. The monoisotopic (exact) mass is 396 g/mol. The van der Waals surface area contributed by atoms with Gasteiger partial charge in [0.05, 0.1) is 6.07 Å². The van der Waals surface area contributed by atoms with Crippen molar-refractivity contribution in [3.63, 3.8) is 0 Å². The van der Waals surface area contributed by atoms with E-state index in [0.717, 1.165) is 22.4 Å². The van der Waals surface area contributed by atoms with Crippen LogP contribution >= 0.6 is 22.7 Å². The SMILES string of the molecule is Cc1ccc(-c2ccsc2C(=O)OCC(=O)[C@@H](C#N)c2nc(C)cs2)cc1. The van der Waals surface area contributed by atoms with E-state index in [4.69, 9.17) is 4.74 Å². The molecule has 0 aliphatic carbocycles. The summed E-state index contributed by atoms with van der Waals surface area (Å²) in [7, 11) is 0. The molecule has 2 heterocycles. The van der Waals surface area contributed by atoms with Crippen LogP contribution in [0.1, 0.15) is 31.9 Å². The summed E-state index contributed by atoms with van der Waals surface area (Å²) in [4.78, 5) is 29.4. The third-order valence-corrected chi connectivity index (χ3v) is 5.82. The number of carbonyl (C=O) groups excluding carboxylic acids is 2. The number of thiophene rings is 1. The fraction of sp³-hybridized carbons (Fsp3) is 0.200. The van der Waals surface area contributed by atoms with E-state index in [1.54, 1.807) is 12.3 Å². The first-order chi connectivity index (χ1) is 13.0. The number of hydrogen-bond acceptors (Lipinski definition) is 7. The van der Waals surface area contributed by atoms with E-state index in [-0.39, 0.29) is 0 Å². The molecule has 0 bridgehead atoms. The van der Waals surface area contributed by atoms with Crippen molar-refractivity contribution in [2.24, 2.45) is 0 Å². The summed E-state index contributed by atoms with van der Waals surface area (Å²) in [6.45, 7) is 3.33. The van der Waals surface area contributed by atoms with Gasteiger partial charge in [0.25, 0.3) is 0 Å². The van der Waals surface area contributed by atoms with E-state index >= 15 is 0 Å².